The smallest absolute Gasteiger partial charge is 0.387 e. The molecular formula is C53H68F8N4O3. The highest BCUT2D eigenvalue weighted by Crippen LogP contribution is 2.33. The number of ether oxygens (including phenoxy) is 2. The summed E-state index contributed by atoms with van der Waals surface area (Å²) in [5.74, 6) is -2.83. The van der Waals surface area contributed by atoms with Crippen molar-refractivity contribution in [3.63, 3.8) is 0 Å². The Morgan fingerprint density at radius 2 is 1.16 bits per heavy atom. The molecular weight excluding hydrogens is 893 g/mol. The molecule has 4 aliphatic rings. The van der Waals surface area contributed by atoms with E-state index in [4.69, 9.17) is 0 Å². The molecule has 7 nitrogen and oxygen atoms in total. The number of rotatable bonds is 19. The number of alkyl halides is 4. The topological polar surface area (TPSA) is 57.3 Å². The number of carbonyl (C=O) groups is 1. The van der Waals surface area contributed by atoms with Crippen LogP contribution in [0.5, 0.6) is 11.5 Å². The zero-order valence-electron chi connectivity index (χ0n) is 39.5. The van der Waals surface area contributed by atoms with Gasteiger partial charge in [-0.1, -0.05) is 61.8 Å². The van der Waals surface area contributed by atoms with Gasteiger partial charge in [-0.25, -0.2) is 17.6 Å². The summed E-state index contributed by atoms with van der Waals surface area (Å²) in [5, 5.41) is 3.54. The predicted octanol–water partition coefficient (Wildman–Crippen LogP) is 12.8. The number of hydrogen-bond donors (Lipinski definition) is 1. The van der Waals surface area contributed by atoms with Crippen molar-refractivity contribution in [1.82, 2.24) is 20.0 Å². The third kappa shape index (κ3) is 16.6. The van der Waals surface area contributed by atoms with Gasteiger partial charge in [0.2, 0.25) is 0 Å². The number of halogens is 8. The molecule has 0 radical (unpaired) electrons. The van der Waals surface area contributed by atoms with Crippen LogP contribution < -0.4 is 14.8 Å². The minimum atomic E-state index is -3.32. The van der Waals surface area contributed by atoms with Crippen molar-refractivity contribution < 1.29 is 49.4 Å². The number of nitrogens with one attached hydrogen (secondary N) is 1. The Hall–Kier alpha value is -4.47. The Balaban J connectivity index is 0.000000250. The first-order valence-corrected chi connectivity index (χ1v) is 24.5. The van der Waals surface area contributed by atoms with Crippen LogP contribution in [0.2, 0.25) is 0 Å². The molecule has 2 aliphatic heterocycles. The van der Waals surface area contributed by atoms with Crippen molar-refractivity contribution >= 4 is 18.1 Å². The van der Waals surface area contributed by atoms with Crippen LogP contribution in [0, 0.1) is 35.1 Å². The number of carbonyl (C=O) groups excluding carboxylic acids is 1. The van der Waals surface area contributed by atoms with Gasteiger partial charge in [0.1, 0.15) is 23.3 Å². The summed E-state index contributed by atoms with van der Waals surface area (Å²) < 4.78 is 115. The van der Waals surface area contributed by atoms with Crippen LogP contribution in [-0.2, 0) is 0 Å². The second-order valence-corrected chi connectivity index (χ2v) is 19.1. The molecule has 0 aromatic heterocycles. The summed E-state index contributed by atoms with van der Waals surface area (Å²) in [6.07, 6.45) is 20.8. The normalized spacial score (nSPS) is 20.2. The monoisotopic (exact) mass is 961 g/mol. The van der Waals surface area contributed by atoms with E-state index in [-0.39, 0.29) is 23.7 Å². The highest BCUT2D eigenvalue weighted by atomic mass is 19.3. The lowest BCUT2D eigenvalue weighted by molar-refractivity contribution is -0.0692. The summed E-state index contributed by atoms with van der Waals surface area (Å²) in [6, 6.07) is 10.8. The molecule has 15 heteroatoms. The van der Waals surface area contributed by atoms with Gasteiger partial charge in [-0.2, -0.15) is 17.6 Å². The maximum atomic E-state index is 14.3. The van der Waals surface area contributed by atoms with E-state index < -0.39 is 53.9 Å². The number of amides is 1. The van der Waals surface area contributed by atoms with Gasteiger partial charge >= 0.3 is 13.2 Å². The van der Waals surface area contributed by atoms with Crippen LogP contribution in [0.25, 0.3) is 12.2 Å². The molecule has 1 N–H and O–H groups in total. The van der Waals surface area contributed by atoms with Crippen molar-refractivity contribution in [2.45, 2.75) is 129 Å². The first-order valence-electron chi connectivity index (χ1n) is 24.5. The first kappa shape index (κ1) is 52.9. The molecule has 3 aromatic carbocycles. The van der Waals surface area contributed by atoms with Gasteiger partial charge < -0.3 is 19.7 Å². The van der Waals surface area contributed by atoms with Gasteiger partial charge in [0, 0.05) is 80.2 Å². The molecule has 68 heavy (non-hydrogen) atoms. The molecule has 2 saturated heterocycles. The number of hydrogen-bond acceptors (Lipinski definition) is 6. The Kier molecular flexibility index (Phi) is 20.6. The van der Waals surface area contributed by atoms with Crippen LogP contribution >= 0.6 is 0 Å². The second kappa shape index (κ2) is 26.5. The van der Waals surface area contributed by atoms with Gasteiger partial charge in [-0.15, -0.1) is 0 Å². The van der Waals surface area contributed by atoms with E-state index in [1.54, 1.807) is 17.9 Å². The summed E-state index contributed by atoms with van der Waals surface area (Å²) in [6.45, 7) is 3.57. The van der Waals surface area contributed by atoms with Crippen molar-refractivity contribution in [3.8, 4) is 11.5 Å². The number of benzene rings is 3. The van der Waals surface area contributed by atoms with Crippen molar-refractivity contribution in [1.29, 1.82) is 0 Å². The second-order valence-electron chi connectivity index (χ2n) is 19.1. The van der Waals surface area contributed by atoms with E-state index in [1.165, 1.54) is 120 Å². The van der Waals surface area contributed by atoms with Crippen LogP contribution in [-0.4, -0.2) is 98.3 Å². The largest absolute Gasteiger partial charge is 0.431 e. The zero-order chi connectivity index (χ0) is 48.6. The zero-order valence-corrected chi connectivity index (χ0v) is 39.5. The first-order chi connectivity index (χ1) is 32.7. The van der Waals surface area contributed by atoms with Crippen LogP contribution in [0.15, 0.2) is 65.7 Å². The Labute approximate surface area is 396 Å². The minimum Gasteiger partial charge on any atom is -0.431 e. The maximum Gasteiger partial charge on any atom is 0.387 e. The third-order valence-corrected chi connectivity index (χ3v) is 13.7. The van der Waals surface area contributed by atoms with Crippen molar-refractivity contribution in [3.05, 3.63) is 106 Å². The van der Waals surface area contributed by atoms with Gasteiger partial charge in [0.15, 0.2) is 11.5 Å². The minimum absolute atomic E-state index is 0.0511. The van der Waals surface area contributed by atoms with Crippen molar-refractivity contribution in [2.75, 3.05) is 52.4 Å². The van der Waals surface area contributed by atoms with E-state index in [2.05, 4.69) is 24.6 Å². The summed E-state index contributed by atoms with van der Waals surface area (Å²) in [4.78, 5) is 20.5. The van der Waals surface area contributed by atoms with Gasteiger partial charge in [0.25, 0.3) is 5.91 Å². The Bertz CT molecular complexity index is 2130. The lowest BCUT2D eigenvalue weighted by Gasteiger charge is -2.34. The lowest BCUT2D eigenvalue weighted by Crippen LogP contribution is -2.45. The average Bonchev–Trinajstić information content (AvgIpc) is 3.94. The Morgan fingerprint density at radius 1 is 0.647 bits per heavy atom. The molecule has 7 rings (SSSR count). The molecule has 2 heterocycles. The van der Waals surface area contributed by atoms with Crippen LogP contribution in [0.3, 0.4) is 0 Å². The molecule has 0 spiro atoms. The van der Waals surface area contributed by atoms with E-state index in [0.717, 1.165) is 80.8 Å². The highest BCUT2D eigenvalue weighted by Gasteiger charge is 2.32. The summed E-state index contributed by atoms with van der Waals surface area (Å²) in [7, 11) is 0. The molecule has 1 amide bonds. The highest BCUT2D eigenvalue weighted by molar-refractivity contribution is 5.95. The quantitative estimate of drug-likeness (QED) is 0.121. The molecule has 0 unspecified atom stereocenters. The number of likely N-dealkylation sites (tertiary alicyclic amines) is 2. The van der Waals surface area contributed by atoms with Crippen LogP contribution in [0.1, 0.15) is 125 Å². The fourth-order valence-electron chi connectivity index (χ4n) is 10.4. The Morgan fingerprint density at radius 3 is 1.71 bits per heavy atom. The van der Waals surface area contributed by atoms with E-state index in [9.17, 15) is 39.9 Å². The molecule has 2 aliphatic carbocycles. The fraction of sp³-hybridized carbons (Fsp3) is 0.566. The van der Waals surface area contributed by atoms with E-state index >= 15 is 0 Å². The molecule has 0 bridgehead atoms. The predicted molar refractivity (Wildman–Crippen MR) is 251 cm³/mol. The van der Waals surface area contributed by atoms with Crippen LogP contribution in [0.4, 0.5) is 35.1 Å². The standard InChI is InChI=1S/C31H36F6N2O3.C22H32F2N2/c1-20(14-22-9-11-24(32)16-26(22)33)17-39(19-25-8-5-13-38(25)18-21-6-3-2-4-7-21)29(40)23-10-12-27(41-30(34)35)28(15-23)42-31(36)37;1-17(12-19-9-10-20(23)13-22(19)24)14-25-15-21-8-5-11-26(21)16-18-6-3-2-4-7-18/h9-12,14-16,21,25,30-31H,2-8,13,17-19H2,1H3;9-10,12-13,18,21,25H,2-8,11,14-16H2,1H3/b20-14+;17-12+/t25-;21-/m00/s1. The average molecular weight is 961 g/mol. The van der Waals surface area contributed by atoms with Gasteiger partial charge in [-0.05, 0) is 133 Å². The molecule has 2 atom stereocenters. The maximum absolute atomic E-state index is 14.3. The molecule has 2 saturated carbocycles. The molecule has 4 fully saturated rings. The lowest BCUT2D eigenvalue weighted by atomic mass is 9.89. The van der Waals surface area contributed by atoms with Gasteiger partial charge in [0.05, 0.1) is 0 Å². The van der Waals surface area contributed by atoms with E-state index in [0.29, 0.717) is 29.6 Å². The van der Waals surface area contributed by atoms with Crippen molar-refractivity contribution in [2.24, 2.45) is 11.8 Å². The third-order valence-electron chi connectivity index (χ3n) is 13.7. The molecule has 374 valence electrons. The summed E-state index contributed by atoms with van der Waals surface area (Å²) in [5.41, 5.74) is 2.22. The van der Waals surface area contributed by atoms with Gasteiger partial charge in [-0.3, -0.25) is 14.6 Å². The number of nitrogens with zero attached hydrogens (tertiary/aromatic N) is 3. The summed E-state index contributed by atoms with van der Waals surface area (Å²) >= 11 is 0. The SMILES string of the molecule is C/C(=C\c1ccc(F)cc1F)CN(C[C@@H]1CCCN1CC1CCCCC1)C(=O)c1ccc(OC(F)F)c(OC(F)F)c1.C/C(=C\c1ccc(F)cc1F)CNC[C@@H]1CCCN1CC1CCCCC1. The fourth-order valence-corrected chi connectivity index (χ4v) is 10.4. The molecule has 3 aromatic rings. The van der Waals surface area contributed by atoms with E-state index in [1.807, 2.05) is 6.92 Å².